The first kappa shape index (κ1) is 19.2. The lowest BCUT2D eigenvalue weighted by Crippen LogP contribution is -2.14. The number of nitrogens with one attached hydrogen (secondary N) is 1. The van der Waals surface area contributed by atoms with E-state index < -0.39 is 10.0 Å². The Bertz CT molecular complexity index is 1270. The number of hydrogen-bond acceptors (Lipinski definition) is 4. The maximum absolute atomic E-state index is 12.9. The minimum Gasteiger partial charge on any atom is -0.336 e. The molecule has 0 saturated carbocycles. The maximum atomic E-state index is 12.9. The van der Waals surface area contributed by atoms with Crippen LogP contribution in [0.15, 0.2) is 60.0 Å². The smallest absolute Gasteiger partial charge is 0.280 e. The van der Waals surface area contributed by atoms with Crippen LogP contribution in [0.5, 0.6) is 0 Å². The lowest BCUT2D eigenvalue weighted by atomic mass is 10.1. The van der Waals surface area contributed by atoms with Crippen LogP contribution >= 0.6 is 0 Å². The fourth-order valence-corrected chi connectivity index (χ4v) is 4.40. The van der Waals surface area contributed by atoms with Crippen LogP contribution in [-0.4, -0.2) is 27.4 Å². The zero-order valence-electron chi connectivity index (χ0n) is 16.8. The van der Waals surface area contributed by atoms with E-state index in [0.717, 1.165) is 28.3 Å². The third-order valence-electron chi connectivity index (χ3n) is 4.82. The van der Waals surface area contributed by atoms with E-state index in [1.165, 1.54) is 0 Å². The van der Waals surface area contributed by atoms with Gasteiger partial charge in [-0.05, 0) is 30.7 Å². The molecule has 1 aromatic carbocycles. The SMILES string of the molecule is Cc1ccc(-c2cn3ccccc3n2)cc1NS(=O)(=O)c1cn(C)c(C(C)C)n1. The Morgan fingerprint density at radius 1 is 1.07 bits per heavy atom. The molecule has 0 aliphatic carbocycles. The average molecular weight is 410 g/mol. The van der Waals surface area contributed by atoms with Gasteiger partial charge in [-0.3, -0.25) is 4.72 Å². The topological polar surface area (TPSA) is 81.3 Å². The van der Waals surface area contributed by atoms with E-state index >= 15 is 0 Å². The van der Waals surface area contributed by atoms with Crippen molar-refractivity contribution in [3.63, 3.8) is 0 Å². The summed E-state index contributed by atoms with van der Waals surface area (Å²) in [6, 6.07) is 11.4. The normalized spacial score (nSPS) is 12.0. The van der Waals surface area contributed by atoms with Gasteiger partial charge in [-0.1, -0.05) is 32.0 Å². The number of sulfonamides is 1. The molecule has 7 nitrogen and oxygen atoms in total. The van der Waals surface area contributed by atoms with Gasteiger partial charge in [-0.15, -0.1) is 0 Å². The minimum absolute atomic E-state index is 0.0150. The molecule has 29 heavy (non-hydrogen) atoms. The molecule has 0 aliphatic heterocycles. The van der Waals surface area contributed by atoms with E-state index in [9.17, 15) is 8.42 Å². The van der Waals surface area contributed by atoms with Crippen LogP contribution in [0.25, 0.3) is 16.9 Å². The highest BCUT2D eigenvalue weighted by Gasteiger charge is 2.22. The molecule has 0 radical (unpaired) electrons. The van der Waals surface area contributed by atoms with Gasteiger partial charge < -0.3 is 8.97 Å². The summed E-state index contributed by atoms with van der Waals surface area (Å²) in [5.41, 5.74) is 3.77. The number of rotatable bonds is 5. The van der Waals surface area contributed by atoms with Gasteiger partial charge in [0.25, 0.3) is 10.0 Å². The molecule has 0 fully saturated rings. The van der Waals surface area contributed by atoms with E-state index in [0.29, 0.717) is 5.69 Å². The number of imidazole rings is 2. The Morgan fingerprint density at radius 3 is 2.55 bits per heavy atom. The molecule has 0 amide bonds. The van der Waals surface area contributed by atoms with Crippen molar-refractivity contribution in [2.24, 2.45) is 7.05 Å². The standard InChI is InChI=1S/C21H23N5O2S/c1-14(2)21-23-20(13-25(21)4)29(27,28)24-17-11-16(9-8-15(17)3)18-12-26-10-6-5-7-19(26)22-18/h5-14,24H,1-4H3. The largest absolute Gasteiger partial charge is 0.336 e. The first-order chi connectivity index (χ1) is 13.7. The van der Waals surface area contributed by atoms with Crippen molar-refractivity contribution in [3.8, 4) is 11.3 Å². The van der Waals surface area contributed by atoms with Crippen LogP contribution in [0.1, 0.15) is 31.2 Å². The van der Waals surface area contributed by atoms with Crippen molar-refractivity contribution in [2.75, 3.05) is 4.72 Å². The molecule has 0 unspecified atom stereocenters. The minimum atomic E-state index is -3.80. The molecule has 0 atom stereocenters. The lowest BCUT2D eigenvalue weighted by molar-refractivity contribution is 0.597. The molecule has 1 N–H and O–H groups in total. The number of hydrogen-bond donors (Lipinski definition) is 1. The fourth-order valence-electron chi connectivity index (χ4n) is 3.28. The van der Waals surface area contributed by atoms with Crippen molar-refractivity contribution in [1.82, 2.24) is 18.9 Å². The predicted molar refractivity (Wildman–Crippen MR) is 113 cm³/mol. The molecule has 3 heterocycles. The second kappa shape index (κ2) is 7.04. The van der Waals surface area contributed by atoms with E-state index in [1.807, 2.05) is 67.9 Å². The third-order valence-corrected chi connectivity index (χ3v) is 6.06. The first-order valence-electron chi connectivity index (χ1n) is 9.35. The van der Waals surface area contributed by atoms with Gasteiger partial charge in [-0.2, -0.15) is 8.42 Å². The maximum Gasteiger partial charge on any atom is 0.280 e. The van der Waals surface area contributed by atoms with E-state index in [1.54, 1.807) is 23.9 Å². The number of pyridine rings is 1. The fraction of sp³-hybridized carbons (Fsp3) is 0.238. The number of nitrogens with zero attached hydrogens (tertiary/aromatic N) is 4. The zero-order valence-corrected chi connectivity index (χ0v) is 17.6. The van der Waals surface area contributed by atoms with Gasteiger partial charge in [0, 0.05) is 37.1 Å². The van der Waals surface area contributed by atoms with Crippen LogP contribution in [-0.2, 0) is 17.1 Å². The monoisotopic (exact) mass is 409 g/mol. The van der Waals surface area contributed by atoms with Gasteiger partial charge >= 0.3 is 0 Å². The molecule has 0 saturated heterocycles. The summed E-state index contributed by atoms with van der Waals surface area (Å²) in [6.07, 6.45) is 5.39. The Morgan fingerprint density at radius 2 is 1.86 bits per heavy atom. The molecular weight excluding hydrogens is 386 g/mol. The zero-order chi connectivity index (χ0) is 20.8. The summed E-state index contributed by atoms with van der Waals surface area (Å²) >= 11 is 0. The molecule has 3 aromatic heterocycles. The molecule has 4 rings (SSSR count). The number of aryl methyl sites for hydroxylation is 2. The highest BCUT2D eigenvalue weighted by Crippen LogP contribution is 2.27. The Kier molecular flexibility index (Phi) is 4.66. The number of fused-ring (bicyclic) bond motifs is 1. The highest BCUT2D eigenvalue weighted by atomic mass is 32.2. The predicted octanol–water partition coefficient (Wildman–Crippen LogP) is 3.97. The van der Waals surface area contributed by atoms with Crippen LogP contribution in [0.2, 0.25) is 0 Å². The van der Waals surface area contributed by atoms with Crippen LogP contribution in [0.3, 0.4) is 0 Å². The van der Waals surface area contributed by atoms with Crippen LogP contribution in [0, 0.1) is 6.92 Å². The molecule has 0 bridgehead atoms. The molecule has 8 heteroatoms. The number of aromatic nitrogens is 4. The Balaban J connectivity index is 1.70. The van der Waals surface area contributed by atoms with Gasteiger partial charge in [0.15, 0.2) is 5.03 Å². The van der Waals surface area contributed by atoms with Crippen molar-refractivity contribution >= 4 is 21.4 Å². The summed E-state index contributed by atoms with van der Waals surface area (Å²) in [6.45, 7) is 5.83. The second-order valence-electron chi connectivity index (χ2n) is 7.43. The molecule has 0 spiro atoms. The van der Waals surface area contributed by atoms with Crippen LogP contribution in [0.4, 0.5) is 5.69 Å². The lowest BCUT2D eigenvalue weighted by Gasteiger charge is -2.10. The summed E-state index contributed by atoms with van der Waals surface area (Å²) in [5.74, 6) is 0.851. The van der Waals surface area contributed by atoms with Crippen molar-refractivity contribution < 1.29 is 8.42 Å². The van der Waals surface area contributed by atoms with Gasteiger partial charge in [-0.25, -0.2) is 9.97 Å². The molecular formula is C21H23N5O2S. The number of benzene rings is 1. The van der Waals surface area contributed by atoms with Crippen molar-refractivity contribution in [3.05, 3.63) is 66.4 Å². The van der Waals surface area contributed by atoms with Gasteiger partial charge in [0.05, 0.1) is 11.4 Å². The summed E-state index contributed by atoms with van der Waals surface area (Å²) in [4.78, 5) is 8.93. The van der Waals surface area contributed by atoms with E-state index in [4.69, 9.17) is 0 Å². The van der Waals surface area contributed by atoms with Crippen molar-refractivity contribution in [1.29, 1.82) is 0 Å². The van der Waals surface area contributed by atoms with E-state index in [-0.39, 0.29) is 10.9 Å². The van der Waals surface area contributed by atoms with Crippen molar-refractivity contribution in [2.45, 2.75) is 31.7 Å². The Hall–Kier alpha value is -3.13. The second-order valence-corrected chi connectivity index (χ2v) is 9.06. The molecule has 150 valence electrons. The highest BCUT2D eigenvalue weighted by molar-refractivity contribution is 7.92. The van der Waals surface area contributed by atoms with E-state index in [2.05, 4.69) is 14.7 Å². The summed E-state index contributed by atoms with van der Waals surface area (Å²) < 4.78 is 32.2. The Labute approximate surface area is 170 Å². The average Bonchev–Trinajstić information content (AvgIpc) is 3.27. The van der Waals surface area contributed by atoms with Gasteiger partial charge in [0.2, 0.25) is 0 Å². The molecule has 0 aliphatic rings. The van der Waals surface area contributed by atoms with Gasteiger partial charge in [0.1, 0.15) is 11.5 Å². The molecule has 4 aromatic rings. The first-order valence-corrected chi connectivity index (χ1v) is 10.8. The third kappa shape index (κ3) is 3.63. The summed E-state index contributed by atoms with van der Waals surface area (Å²) in [7, 11) is -2.00. The summed E-state index contributed by atoms with van der Waals surface area (Å²) in [5, 5.41) is 0.0150. The quantitative estimate of drug-likeness (QED) is 0.541. The van der Waals surface area contributed by atoms with Crippen LogP contribution < -0.4 is 4.72 Å². The number of anilines is 1.